The van der Waals surface area contributed by atoms with E-state index >= 15 is 0 Å². The third-order valence-electron chi connectivity index (χ3n) is 2.11. The van der Waals surface area contributed by atoms with Crippen molar-refractivity contribution < 1.29 is 17.9 Å². The van der Waals surface area contributed by atoms with Crippen molar-refractivity contribution in [2.75, 3.05) is 4.72 Å². The van der Waals surface area contributed by atoms with Gasteiger partial charge >= 0.3 is 0 Å². The van der Waals surface area contributed by atoms with Crippen LogP contribution in [0, 0.1) is 10.1 Å². The van der Waals surface area contributed by atoms with Crippen LogP contribution in [0.2, 0.25) is 5.02 Å². The molecule has 0 aliphatic carbocycles. The summed E-state index contributed by atoms with van der Waals surface area (Å²) >= 11 is 5.60. The molecule has 100 valence electrons. The zero-order valence-electron chi connectivity index (χ0n) is 9.11. The van der Waals surface area contributed by atoms with Crippen LogP contribution in [0.25, 0.3) is 0 Å². The van der Waals surface area contributed by atoms with Crippen LogP contribution >= 0.6 is 11.6 Å². The third-order valence-corrected chi connectivity index (χ3v) is 3.81. The maximum atomic E-state index is 11.9. The summed E-state index contributed by atoms with van der Waals surface area (Å²) in [4.78, 5) is 9.65. The number of nitro benzene ring substituents is 1. The fourth-order valence-electron chi connectivity index (χ4n) is 1.27. The first kappa shape index (κ1) is 13.3. The highest BCUT2D eigenvalue weighted by atomic mass is 35.5. The van der Waals surface area contributed by atoms with Crippen LogP contribution in [0.5, 0.6) is 0 Å². The fraction of sp³-hybridized carbons (Fsp3) is 0. The van der Waals surface area contributed by atoms with E-state index in [4.69, 9.17) is 11.6 Å². The Morgan fingerprint density at radius 3 is 2.74 bits per heavy atom. The molecule has 0 saturated heterocycles. The average Bonchev–Trinajstić information content (AvgIpc) is 2.80. The number of hydrogen-bond donors (Lipinski definition) is 1. The maximum Gasteiger partial charge on any atom is 0.289 e. The van der Waals surface area contributed by atoms with E-state index < -0.39 is 20.6 Å². The Kier molecular flexibility index (Phi) is 3.40. The lowest BCUT2D eigenvalue weighted by Crippen LogP contribution is -2.12. The highest BCUT2D eigenvalue weighted by molar-refractivity contribution is 7.92. The van der Waals surface area contributed by atoms with E-state index in [0.717, 1.165) is 30.7 Å². The van der Waals surface area contributed by atoms with Gasteiger partial charge in [0.2, 0.25) is 0 Å². The van der Waals surface area contributed by atoms with Gasteiger partial charge in [0.1, 0.15) is 17.0 Å². The van der Waals surface area contributed by atoms with Gasteiger partial charge < -0.3 is 4.52 Å². The quantitative estimate of drug-likeness (QED) is 0.682. The molecule has 0 unspecified atom stereocenters. The molecule has 0 fully saturated rings. The van der Waals surface area contributed by atoms with Gasteiger partial charge in [-0.1, -0.05) is 16.8 Å². The minimum atomic E-state index is -3.97. The first-order valence-electron chi connectivity index (χ1n) is 4.76. The molecule has 0 atom stereocenters. The van der Waals surface area contributed by atoms with Crippen molar-refractivity contribution in [1.82, 2.24) is 5.16 Å². The molecule has 0 saturated carbocycles. The lowest BCUT2D eigenvalue weighted by molar-refractivity contribution is -0.384. The summed E-state index contributed by atoms with van der Waals surface area (Å²) in [5, 5.41) is 13.9. The van der Waals surface area contributed by atoms with Crippen molar-refractivity contribution in [3.63, 3.8) is 0 Å². The second-order valence-corrected chi connectivity index (χ2v) is 5.48. The Hall–Kier alpha value is -2.13. The highest BCUT2D eigenvalue weighted by Crippen LogP contribution is 2.27. The molecule has 1 aromatic carbocycles. The summed E-state index contributed by atoms with van der Waals surface area (Å²) in [5.41, 5.74) is -0.382. The molecule has 10 heteroatoms. The summed E-state index contributed by atoms with van der Waals surface area (Å²) in [6.45, 7) is 0. The fourth-order valence-corrected chi connectivity index (χ4v) is 2.50. The number of anilines is 1. The predicted molar refractivity (Wildman–Crippen MR) is 65.4 cm³/mol. The van der Waals surface area contributed by atoms with Crippen molar-refractivity contribution in [2.24, 2.45) is 0 Å². The van der Waals surface area contributed by atoms with E-state index in [2.05, 4.69) is 14.4 Å². The number of rotatable bonds is 4. The standard InChI is InChI=1S/C9H6ClN3O5S/c10-8-2-1-7(3-9(8)13(14)15)19(16,17)12-6-4-11-18-5-6/h1-5,12H. The average molecular weight is 304 g/mol. The third kappa shape index (κ3) is 2.83. The largest absolute Gasteiger partial charge is 0.362 e. The molecule has 0 aliphatic rings. The minimum Gasteiger partial charge on any atom is -0.362 e. The summed E-state index contributed by atoms with van der Waals surface area (Å²) in [7, 11) is -3.97. The molecular weight excluding hydrogens is 298 g/mol. The first-order valence-corrected chi connectivity index (χ1v) is 6.62. The Balaban J connectivity index is 2.41. The monoisotopic (exact) mass is 303 g/mol. The lowest BCUT2D eigenvalue weighted by Gasteiger charge is -2.05. The van der Waals surface area contributed by atoms with E-state index in [1.54, 1.807) is 0 Å². The molecule has 8 nitrogen and oxygen atoms in total. The Morgan fingerprint density at radius 1 is 1.42 bits per heavy atom. The van der Waals surface area contributed by atoms with Crippen LogP contribution in [0.15, 0.2) is 40.1 Å². The molecule has 0 bridgehead atoms. The van der Waals surface area contributed by atoms with E-state index in [-0.39, 0.29) is 15.6 Å². The van der Waals surface area contributed by atoms with Crippen molar-refractivity contribution in [3.05, 3.63) is 45.8 Å². The van der Waals surface area contributed by atoms with Gasteiger partial charge in [-0.15, -0.1) is 0 Å². The Morgan fingerprint density at radius 2 is 2.16 bits per heavy atom. The number of hydrogen-bond acceptors (Lipinski definition) is 6. The van der Waals surface area contributed by atoms with Gasteiger partial charge in [0, 0.05) is 6.07 Å². The number of benzene rings is 1. The molecule has 1 aromatic heterocycles. The molecule has 2 rings (SSSR count). The Bertz CT molecular complexity index is 713. The van der Waals surface area contributed by atoms with E-state index in [0.29, 0.717) is 0 Å². The summed E-state index contributed by atoms with van der Waals surface area (Å²) in [6, 6.07) is 3.17. The molecule has 0 aliphatic heterocycles. The van der Waals surface area contributed by atoms with Crippen molar-refractivity contribution in [1.29, 1.82) is 0 Å². The van der Waals surface area contributed by atoms with Crippen LogP contribution in [0.3, 0.4) is 0 Å². The summed E-state index contributed by atoms with van der Waals surface area (Å²) in [5.74, 6) is 0. The summed E-state index contributed by atoms with van der Waals surface area (Å²) < 4.78 is 30.5. The van der Waals surface area contributed by atoms with Gasteiger partial charge in [-0.25, -0.2) is 8.42 Å². The lowest BCUT2D eigenvalue weighted by atomic mass is 10.3. The van der Waals surface area contributed by atoms with E-state index in [9.17, 15) is 18.5 Å². The minimum absolute atomic E-state index is 0.109. The van der Waals surface area contributed by atoms with Gasteiger partial charge in [-0.3, -0.25) is 14.8 Å². The van der Waals surface area contributed by atoms with Crippen molar-refractivity contribution in [2.45, 2.75) is 4.90 Å². The van der Waals surface area contributed by atoms with E-state index in [1.165, 1.54) is 0 Å². The number of nitrogens with zero attached hydrogens (tertiary/aromatic N) is 2. The highest BCUT2D eigenvalue weighted by Gasteiger charge is 2.21. The first-order chi connectivity index (χ1) is 8.90. The molecule has 0 amide bonds. The Labute approximate surface area is 112 Å². The number of nitrogens with one attached hydrogen (secondary N) is 1. The van der Waals surface area contributed by atoms with Crippen LogP contribution in [0.1, 0.15) is 0 Å². The molecule has 1 N–H and O–H groups in total. The predicted octanol–water partition coefficient (Wildman–Crippen LogP) is 2.04. The zero-order valence-corrected chi connectivity index (χ0v) is 10.7. The zero-order chi connectivity index (χ0) is 14.0. The maximum absolute atomic E-state index is 11.9. The number of halogens is 1. The molecule has 0 radical (unpaired) electrons. The number of sulfonamides is 1. The molecule has 2 aromatic rings. The van der Waals surface area contributed by atoms with Gasteiger partial charge in [-0.05, 0) is 12.1 Å². The van der Waals surface area contributed by atoms with Gasteiger partial charge in [-0.2, -0.15) is 0 Å². The summed E-state index contributed by atoms with van der Waals surface area (Å²) in [6.07, 6.45) is 2.24. The van der Waals surface area contributed by atoms with E-state index in [1.807, 2.05) is 0 Å². The normalized spacial score (nSPS) is 11.2. The van der Waals surface area contributed by atoms with Gasteiger partial charge in [0.05, 0.1) is 16.0 Å². The van der Waals surface area contributed by atoms with Crippen molar-refractivity contribution in [3.8, 4) is 0 Å². The smallest absolute Gasteiger partial charge is 0.289 e. The van der Waals surface area contributed by atoms with Gasteiger partial charge in [0.25, 0.3) is 15.7 Å². The topological polar surface area (TPSA) is 115 Å². The molecule has 19 heavy (non-hydrogen) atoms. The van der Waals surface area contributed by atoms with Crippen LogP contribution < -0.4 is 4.72 Å². The second-order valence-electron chi connectivity index (χ2n) is 3.39. The van der Waals surface area contributed by atoms with Crippen LogP contribution in [-0.2, 0) is 10.0 Å². The van der Waals surface area contributed by atoms with Gasteiger partial charge in [0.15, 0.2) is 0 Å². The molecule has 0 spiro atoms. The number of aromatic nitrogens is 1. The molecule has 1 heterocycles. The van der Waals surface area contributed by atoms with Crippen LogP contribution in [-0.4, -0.2) is 18.5 Å². The molecular formula is C9H6ClN3O5S. The number of nitro groups is 1. The van der Waals surface area contributed by atoms with Crippen molar-refractivity contribution >= 4 is 33.0 Å². The second kappa shape index (κ2) is 4.86. The SMILES string of the molecule is O=[N+]([O-])c1cc(S(=O)(=O)Nc2cnoc2)ccc1Cl. The van der Waals surface area contributed by atoms with Crippen LogP contribution in [0.4, 0.5) is 11.4 Å².